The largest absolute Gasteiger partial charge is 0.342 e. The van der Waals surface area contributed by atoms with E-state index in [1.807, 2.05) is 13.0 Å². The number of rotatable bonds is 2. The summed E-state index contributed by atoms with van der Waals surface area (Å²) in [5.41, 5.74) is 1.51. The number of fused-ring (bicyclic) bond motifs is 3. The summed E-state index contributed by atoms with van der Waals surface area (Å²) in [7, 11) is 0. The third-order valence-electron chi connectivity index (χ3n) is 4.85. The molecule has 3 fully saturated rings. The van der Waals surface area contributed by atoms with Gasteiger partial charge >= 0.3 is 0 Å². The number of benzene rings is 1. The van der Waals surface area contributed by atoms with Crippen LogP contribution in [0.15, 0.2) is 18.2 Å². The fourth-order valence-electron chi connectivity index (χ4n) is 3.71. The Labute approximate surface area is 163 Å². The van der Waals surface area contributed by atoms with Crippen molar-refractivity contribution in [1.29, 1.82) is 0 Å². The normalized spacial score (nSPS) is 36.1. The molecule has 1 amide bonds. The number of ether oxygens (including phenoxy) is 5. The first-order valence-corrected chi connectivity index (χ1v) is 9.36. The van der Waals surface area contributed by atoms with Crippen molar-refractivity contribution < 1.29 is 28.5 Å². The highest BCUT2D eigenvalue weighted by Crippen LogP contribution is 2.44. The van der Waals surface area contributed by atoms with Gasteiger partial charge in [-0.1, -0.05) is 17.7 Å². The first-order valence-electron chi connectivity index (χ1n) is 8.98. The lowest BCUT2D eigenvalue weighted by atomic mass is 9.98. The Hall–Kier alpha value is -1.22. The van der Waals surface area contributed by atoms with Crippen LogP contribution >= 0.6 is 11.6 Å². The molecule has 0 aliphatic carbocycles. The van der Waals surface area contributed by atoms with Crippen LogP contribution in [0.3, 0.4) is 0 Å². The van der Waals surface area contributed by atoms with Gasteiger partial charge in [-0.05, 0) is 52.3 Å². The van der Waals surface area contributed by atoms with Crippen molar-refractivity contribution in [3.63, 3.8) is 0 Å². The molecule has 27 heavy (non-hydrogen) atoms. The van der Waals surface area contributed by atoms with Gasteiger partial charge in [-0.3, -0.25) is 4.79 Å². The van der Waals surface area contributed by atoms with E-state index < -0.39 is 42.3 Å². The van der Waals surface area contributed by atoms with Crippen LogP contribution in [0, 0.1) is 6.92 Å². The van der Waals surface area contributed by atoms with Gasteiger partial charge in [-0.25, -0.2) is 0 Å². The van der Waals surface area contributed by atoms with Crippen LogP contribution in [0.25, 0.3) is 0 Å². The second-order valence-electron chi connectivity index (χ2n) is 8.04. The van der Waals surface area contributed by atoms with E-state index in [9.17, 15) is 4.79 Å². The fraction of sp³-hybridized carbons (Fsp3) is 0.632. The Balaban J connectivity index is 1.57. The van der Waals surface area contributed by atoms with Crippen LogP contribution in [-0.2, 0) is 28.5 Å². The summed E-state index contributed by atoms with van der Waals surface area (Å²) in [4.78, 5) is 13.0. The second-order valence-corrected chi connectivity index (χ2v) is 8.45. The Morgan fingerprint density at radius 3 is 2.33 bits per heavy atom. The minimum absolute atomic E-state index is 0.349. The smallest absolute Gasteiger partial charge is 0.256 e. The molecule has 0 unspecified atom stereocenters. The van der Waals surface area contributed by atoms with Gasteiger partial charge in [-0.2, -0.15) is 0 Å². The van der Waals surface area contributed by atoms with Crippen molar-refractivity contribution in [2.75, 3.05) is 5.32 Å². The lowest BCUT2D eigenvalue weighted by Gasteiger charge is -2.36. The molecule has 0 saturated carbocycles. The summed E-state index contributed by atoms with van der Waals surface area (Å²) in [5, 5.41) is 3.42. The van der Waals surface area contributed by atoms with Gasteiger partial charge < -0.3 is 29.0 Å². The number of carbonyl (C=O) groups is 1. The van der Waals surface area contributed by atoms with Gasteiger partial charge in [0.1, 0.15) is 18.3 Å². The molecule has 7 nitrogen and oxygen atoms in total. The Morgan fingerprint density at radius 2 is 1.63 bits per heavy atom. The van der Waals surface area contributed by atoms with E-state index in [1.54, 1.807) is 39.8 Å². The van der Waals surface area contributed by atoms with E-state index in [0.717, 1.165) is 5.56 Å². The molecule has 1 N–H and O–H groups in total. The van der Waals surface area contributed by atoms with E-state index >= 15 is 0 Å². The lowest BCUT2D eigenvalue weighted by Crippen LogP contribution is -2.58. The molecule has 8 heteroatoms. The highest BCUT2D eigenvalue weighted by atomic mass is 35.5. The molecule has 3 aliphatic heterocycles. The Kier molecular flexibility index (Phi) is 4.53. The lowest BCUT2D eigenvalue weighted by molar-refractivity contribution is -0.229. The van der Waals surface area contributed by atoms with Crippen molar-refractivity contribution in [2.45, 2.75) is 76.9 Å². The number of carbonyl (C=O) groups excluding carboxylic acids is 1. The number of aryl methyl sites for hydroxylation is 1. The zero-order valence-electron chi connectivity index (χ0n) is 15.9. The summed E-state index contributed by atoms with van der Waals surface area (Å²) < 4.78 is 29.7. The maximum absolute atomic E-state index is 13.0. The molecule has 1 aromatic carbocycles. The summed E-state index contributed by atoms with van der Waals surface area (Å²) in [6.07, 6.45) is -3.17. The van der Waals surface area contributed by atoms with Gasteiger partial charge in [0.05, 0.1) is 0 Å². The fourth-order valence-corrected chi connectivity index (χ4v) is 3.89. The van der Waals surface area contributed by atoms with Crippen LogP contribution in [0.1, 0.15) is 33.3 Å². The minimum atomic E-state index is -0.907. The molecule has 5 atom stereocenters. The molecule has 3 heterocycles. The van der Waals surface area contributed by atoms with E-state index in [-0.39, 0.29) is 5.91 Å². The average Bonchev–Trinajstić information content (AvgIpc) is 3.04. The second kappa shape index (κ2) is 6.40. The molecular formula is C19H24ClNO6. The molecule has 3 aliphatic rings. The summed E-state index contributed by atoms with van der Waals surface area (Å²) >= 11 is 6.15. The van der Waals surface area contributed by atoms with E-state index in [2.05, 4.69) is 5.32 Å². The zero-order valence-corrected chi connectivity index (χ0v) is 16.7. The molecule has 1 aromatic rings. The van der Waals surface area contributed by atoms with Crippen molar-refractivity contribution >= 4 is 23.2 Å². The molecule has 0 aromatic heterocycles. The number of halogens is 1. The third-order valence-corrected chi connectivity index (χ3v) is 5.26. The van der Waals surface area contributed by atoms with Crippen molar-refractivity contribution in [1.82, 2.24) is 0 Å². The number of hydrogen-bond donors (Lipinski definition) is 1. The predicted octanol–water partition coefficient (Wildman–Crippen LogP) is 2.98. The molecule has 4 rings (SSSR count). The van der Waals surface area contributed by atoms with Crippen LogP contribution in [-0.4, -0.2) is 48.2 Å². The van der Waals surface area contributed by atoms with Crippen LogP contribution in [0.4, 0.5) is 5.69 Å². The summed E-state index contributed by atoms with van der Waals surface area (Å²) in [6, 6.07) is 5.33. The van der Waals surface area contributed by atoms with E-state index in [0.29, 0.717) is 10.7 Å². The highest BCUT2D eigenvalue weighted by Gasteiger charge is 2.62. The van der Waals surface area contributed by atoms with Gasteiger partial charge in [0, 0.05) is 10.7 Å². The van der Waals surface area contributed by atoms with E-state index in [4.69, 9.17) is 35.3 Å². The first-order chi connectivity index (χ1) is 12.5. The SMILES string of the molecule is Cc1ccc(NC(=O)[C@@H]2O[C@@H]3OC(C)(C)O[C@@H]3[C@@H]3OC(C)(C)O[C@@H]32)cc1Cl. The van der Waals surface area contributed by atoms with Crippen LogP contribution in [0.5, 0.6) is 0 Å². The highest BCUT2D eigenvalue weighted by molar-refractivity contribution is 6.31. The van der Waals surface area contributed by atoms with Gasteiger partial charge in [0.2, 0.25) is 0 Å². The number of nitrogens with one attached hydrogen (secondary N) is 1. The van der Waals surface area contributed by atoms with Crippen molar-refractivity contribution in [3.05, 3.63) is 28.8 Å². The predicted molar refractivity (Wildman–Crippen MR) is 97.3 cm³/mol. The number of amides is 1. The van der Waals surface area contributed by atoms with Gasteiger partial charge in [0.25, 0.3) is 5.91 Å². The first kappa shape index (κ1) is 19.1. The average molecular weight is 398 g/mol. The zero-order chi connectivity index (χ0) is 19.6. The molecule has 0 spiro atoms. The minimum Gasteiger partial charge on any atom is -0.342 e. The molecule has 3 saturated heterocycles. The molecule has 0 radical (unpaired) electrons. The monoisotopic (exact) mass is 397 g/mol. The van der Waals surface area contributed by atoms with Crippen LogP contribution < -0.4 is 5.32 Å². The van der Waals surface area contributed by atoms with E-state index in [1.165, 1.54) is 0 Å². The van der Waals surface area contributed by atoms with Crippen LogP contribution in [0.2, 0.25) is 5.02 Å². The molecular weight excluding hydrogens is 374 g/mol. The van der Waals surface area contributed by atoms with Gasteiger partial charge in [0.15, 0.2) is 24.0 Å². The standard InChI is InChI=1S/C19H24ClNO6/c1-9-6-7-10(8-11(9)20)21-16(22)14-12-13(25-18(2,3)24-12)15-17(23-14)27-19(4,5)26-15/h6-8,12-15,17H,1-5H3,(H,21,22)/t12-,13+,14+,15+,17+/m0/s1. The summed E-state index contributed by atoms with van der Waals surface area (Å²) in [6.45, 7) is 9.10. The third kappa shape index (κ3) is 3.60. The Morgan fingerprint density at radius 1 is 1.00 bits per heavy atom. The molecule has 0 bridgehead atoms. The number of hydrogen-bond acceptors (Lipinski definition) is 6. The van der Waals surface area contributed by atoms with Crippen molar-refractivity contribution in [3.8, 4) is 0 Å². The van der Waals surface area contributed by atoms with Gasteiger partial charge in [-0.15, -0.1) is 0 Å². The maximum atomic E-state index is 13.0. The quantitative estimate of drug-likeness (QED) is 0.826. The summed E-state index contributed by atoms with van der Waals surface area (Å²) in [5.74, 6) is -2.03. The number of anilines is 1. The topological polar surface area (TPSA) is 75.3 Å². The Bertz CT molecular complexity index is 767. The van der Waals surface area contributed by atoms with Crippen molar-refractivity contribution in [2.24, 2.45) is 0 Å². The molecule has 148 valence electrons. The maximum Gasteiger partial charge on any atom is 0.256 e.